The van der Waals surface area contributed by atoms with Gasteiger partial charge in [-0.1, -0.05) is 0 Å². The average Bonchev–Trinajstić information content (AvgIpc) is 3.62. The third-order valence-electron chi connectivity index (χ3n) is 6.34. The summed E-state index contributed by atoms with van der Waals surface area (Å²) in [6, 6.07) is 16.7. The second kappa shape index (κ2) is 9.97. The number of benzene rings is 3. The standard InChI is InChI=1S/C28H23F2N3O5/c1-36-23-13-20-21(14-24(23)37-2)31-12-11-22(20)38-19-9-7-18(8-10-19)33-27(35)28(15-25(28)30)26(34)32-17-5-3-16(29)4-6-17/h3-14,25H,15H2,1-2H3,(H,32,34)(H,33,35). The lowest BCUT2D eigenvalue weighted by Gasteiger charge is -2.16. The Balaban J connectivity index is 1.29. The Labute approximate surface area is 216 Å². The number of carbonyl (C=O) groups is 2. The number of hydrogen-bond donors (Lipinski definition) is 2. The fourth-order valence-electron chi connectivity index (χ4n) is 4.08. The molecule has 2 atom stereocenters. The molecule has 2 amide bonds. The number of methoxy groups -OCH3 is 2. The van der Waals surface area contributed by atoms with Crippen LogP contribution in [0.5, 0.6) is 23.0 Å². The van der Waals surface area contributed by atoms with Crippen molar-refractivity contribution >= 4 is 34.1 Å². The minimum atomic E-state index is -1.85. The number of nitrogens with zero attached hydrogens (tertiary/aromatic N) is 1. The predicted molar refractivity (Wildman–Crippen MR) is 137 cm³/mol. The lowest BCUT2D eigenvalue weighted by molar-refractivity contribution is -0.132. The minimum absolute atomic E-state index is 0.240. The zero-order valence-electron chi connectivity index (χ0n) is 20.5. The van der Waals surface area contributed by atoms with Crippen LogP contribution in [-0.4, -0.2) is 37.2 Å². The van der Waals surface area contributed by atoms with E-state index in [0.717, 1.165) is 12.1 Å². The van der Waals surface area contributed by atoms with Crippen molar-refractivity contribution < 1.29 is 32.6 Å². The van der Waals surface area contributed by atoms with Crippen LogP contribution in [-0.2, 0) is 9.59 Å². The number of fused-ring (bicyclic) bond motifs is 1. The molecule has 38 heavy (non-hydrogen) atoms. The molecule has 0 radical (unpaired) electrons. The van der Waals surface area contributed by atoms with Gasteiger partial charge in [0.1, 0.15) is 23.5 Å². The molecule has 1 aliphatic rings. The number of anilines is 2. The quantitative estimate of drug-likeness (QED) is 0.299. The van der Waals surface area contributed by atoms with Gasteiger partial charge >= 0.3 is 0 Å². The highest BCUT2D eigenvalue weighted by atomic mass is 19.1. The maximum atomic E-state index is 14.3. The van der Waals surface area contributed by atoms with E-state index >= 15 is 0 Å². The Hall–Kier alpha value is -4.73. The molecule has 3 aromatic carbocycles. The van der Waals surface area contributed by atoms with Gasteiger partial charge in [-0.3, -0.25) is 14.6 Å². The van der Waals surface area contributed by atoms with Crippen molar-refractivity contribution in [2.75, 3.05) is 24.9 Å². The molecule has 1 heterocycles. The highest BCUT2D eigenvalue weighted by Gasteiger charge is 2.67. The summed E-state index contributed by atoms with van der Waals surface area (Å²) in [7, 11) is 3.08. The van der Waals surface area contributed by atoms with Crippen LogP contribution in [0.25, 0.3) is 10.9 Å². The van der Waals surface area contributed by atoms with Crippen LogP contribution in [0, 0.1) is 11.2 Å². The Morgan fingerprint density at radius 1 is 0.868 bits per heavy atom. The molecule has 0 aliphatic heterocycles. The predicted octanol–water partition coefficient (Wildman–Crippen LogP) is 5.49. The van der Waals surface area contributed by atoms with E-state index in [4.69, 9.17) is 14.2 Å². The maximum Gasteiger partial charge on any atom is 0.243 e. The number of amides is 2. The van der Waals surface area contributed by atoms with Crippen LogP contribution < -0.4 is 24.8 Å². The monoisotopic (exact) mass is 519 g/mol. The van der Waals surface area contributed by atoms with Crippen molar-refractivity contribution in [3.05, 3.63) is 78.7 Å². The Morgan fingerprint density at radius 2 is 1.42 bits per heavy atom. The van der Waals surface area contributed by atoms with E-state index in [-0.39, 0.29) is 12.1 Å². The molecular weight excluding hydrogens is 496 g/mol. The van der Waals surface area contributed by atoms with Crippen LogP contribution in [0.1, 0.15) is 6.42 Å². The fourth-order valence-corrected chi connectivity index (χ4v) is 4.08. The molecule has 2 N–H and O–H groups in total. The van der Waals surface area contributed by atoms with Crippen molar-refractivity contribution in [1.29, 1.82) is 0 Å². The normalized spacial score (nSPS) is 17.9. The molecule has 0 spiro atoms. The molecule has 8 nitrogen and oxygen atoms in total. The van der Waals surface area contributed by atoms with Crippen molar-refractivity contribution in [1.82, 2.24) is 4.98 Å². The molecule has 1 saturated carbocycles. The summed E-state index contributed by atoms with van der Waals surface area (Å²) in [5.74, 6) is 0.0470. The summed E-state index contributed by atoms with van der Waals surface area (Å²) in [6.45, 7) is 0. The van der Waals surface area contributed by atoms with E-state index in [9.17, 15) is 18.4 Å². The van der Waals surface area contributed by atoms with Crippen LogP contribution in [0.3, 0.4) is 0 Å². The molecule has 194 valence electrons. The van der Waals surface area contributed by atoms with Crippen LogP contribution in [0.2, 0.25) is 0 Å². The molecule has 5 rings (SSSR count). The second-order valence-electron chi connectivity index (χ2n) is 8.72. The smallest absolute Gasteiger partial charge is 0.243 e. The number of rotatable bonds is 8. The fraction of sp³-hybridized carbons (Fsp3) is 0.179. The van der Waals surface area contributed by atoms with E-state index in [0.29, 0.717) is 39.6 Å². The first-order chi connectivity index (χ1) is 18.3. The molecule has 10 heteroatoms. The highest BCUT2D eigenvalue weighted by Crippen LogP contribution is 2.50. The van der Waals surface area contributed by atoms with E-state index in [2.05, 4.69) is 15.6 Å². The van der Waals surface area contributed by atoms with Crippen molar-refractivity contribution in [3.8, 4) is 23.0 Å². The number of hydrogen-bond acceptors (Lipinski definition) is 6. The minimum Gasteiger partial charge on any atom is -0.493 e. The summed E-state index contributed by atoms with van der Waals surface area (Å²) < 4.78 is 44.2. The van der Waals surface area contributed by atoms with Gasteiger partial charge in [0.15, 0.2) is 16.9 Å². The van der Waals surface area contributed by atoms with Crippen molar-refractivity contribution in [2.24, 2.45) is 5.41 Å². The summed E-state index contributed by atoms with van der Waals surface area (Å²) in [5, 5.41) is 5.80. The molecule has 1 aromatic heterocycles. The molecular formula is C28H23F2N3O5. The van der Waals surface area contributed by atoms with Gasteiger partial charge in [-0.25, -0.2) is 8.78 Å². The summed E-state index contributed by atoms with van der Waals surface area (Å²) in [4.78, 5) is 30.0. The largest absolute Gasteiger partial charge is 0.493 e. The summed E-state index contributed by atoms with van der Waals surface area (Å²) in [5.41, 5.74) is -0.566. The van der Waals surface area contributed by atoms with Crippen LogP contribution in [0.15, 0.2) is 72.9 Å². The Bertz CT molecular complexity index is 1510. The van der Waals surface area contributed by atoms with Gasteiger partial charge in [-0.2, -0.15) is 0 Å². The number of halogens is 2. The first-order valence-electron chi connectivity index (χ1n) is 11.7. The summed E-state index contributed by atoms with van der Waals surface area (Å²) in [6.07, 6.45) is -0.255. The van der Waals surface area contributed by atoms with Crippen LogP contribution >= 0.6 is 0 Å². The highest BCUT2D eigenvalue weighted by molar-refractivity contribution is 6.18. The zero-order chi connectivity index (χ0) is 26.9. The zero-order valence-corrected chi connectivity index (χ0v) is 20.5. The van der Waals surface area contributed by atoms with Crippen molar-refractivity contribution in [2.45, 2.75) is 12.6 Å². The number of alkyl halides is 1. The topological polar surface area (TPSA) is 98.8 Å². The molecule has 2 unspecified atom stereocenters. The number of ether oxygens (including phenoxy) is 3. The first kappa shape index (κ1) is 24.9. The maximum absolute atomic E-state index is 14.3. The van der Waals surface area contributed by atoms with E-state index in [1.807, 2.05) is 0 Å². The average molecular weight is 520 g/mol. The molecule has 0 saturated heterocycles. The van der Waals surface area contributed by atoms with E-state index in [1.54, 1.807) is 55.8 Å². The SMILES string of the molecule is COc1cc2nccc(Oc3ccc(NC(=O)C4(C(=O)Nc5ccc(F)cc5)CC4F)cc3)c2cc1OC. The van der Waals surface area contributed by atoms with E-state index in [1.165, 1.54) is 19.2 Å². The van der Waals surface area contributed by atoms with Gasteiger partial charge in [-0.15, -0.1) is 0 Å². The third-order valence-corrected chi connectivity index (χ3v) is 6.34. The van der Waals surface area contributed by atoms with Crippen LogP contribution in [0.4, 0.5) is 20.2 Å². The molecule has 1 fully saturated rings. The summed E-state index contributed by atoms with van der Waals surface area (Å²) >= 11 is 0. The number of aromatic nitrogens is 1. The molecule has 1 aliphatic carbocycles. The number of nitrogens with one attached hydrogen (secondary N) is 2. The number of pyridine rings is 1. The van der Waals surface area contributed by atoms with Gasteiger partial charge in [0.2, 0.25) is 11.8 Å². The second-order valence-corrected chi connectivity index (χ2v) is 8.72. The number of carbonyl (C=O) groups excluding carboxylic acids is 2. The van der Waals surface area contributed by atoms with Gasteiger partial charge in [0.05, 0.1) is 19.7 Å². The molecule has 4 aromatic rings. The van der Waals surface area contributed by atoms with E-state index < -0.39 is 29.2 Å². The molecule has 0 bridgehead atoms. The lowest BCUT2D eigenvalue weighted by atomic mass is 10.0. The first-order valence-corrected chi connectivity index (χ1v) is 11.7. The van der Waals surface area contributed by atoms with Crippen molar-refractivity contribution in [3.63, 3.8) is 0 Å². The van der Waals surface area contributed by atoms with Gasteiger partial charge in [0, 0.05) is 35.4 Å². The van der Waals surface area contributed by atoms with Gasteiger partial charge in [0.25, 0.3) is 0 Å². The van der Waals surface area contributed by atoms with Gasteiger partial charge in [-0.05, 0) is 60.7 Å². The Kier molecular flexibility index (Phi) is 6.54. The third kappa shape index (κ3) is 4.68. The Morgan fingerprint density at radius 3 is 1.97 bits per heavy atom. The lowest BCUT2D eigenvalue weighted by Crippen LogP contribution is -2.37. The van der Waals surface area contributed by atoms with Gasteiger partial charge < -0.3 is 24.8 Å².